The van der Waals surface area contributed by atoms with Crippen molar-refractivity contribution in [2.75, 3.05) is 11.4 Å². The van der Waals surface area contributed by atoms with Gasteiger partial charge in [-0.1, -0.05) is 0 Å². The van der Waals surface area contributed by atoms with Gasteiger partial charge in [-0.25, -0.2) is 27.7 Å². The summed E-state index contributed by atoms with van der Waals surface area (Å²) in [6.07, 6.45) is 4.76. The molecule has 10 heteroatoms. The van der Waals surface area contributed by atoms with Gasteiger partial charge in [-0.3, -0.25) is 0 Å². The SMILES string of the molecule is OCc1cc2nc(-c3cnn4ccc(N5CCC[C@@H]5c5cc(F)ccc5F)nc34)oc2cc1F. The number of hydrogen-bond donors (Lipinski definition) is 1. The first kappa shape index (κ1) is 20.7. The maximum Gasteiger partial charge on any atom is 0.232 e. The third-order valence-corrected chi connectivity index (χ3v) is 6.18. The van der Waals surface area contributed by atoms with Crippen LogP contribution in [0.3, 0.4) is 0 Å². The number of anilines is 1. The van der Waals surface area contributed by atoms with Gasteiger partial charge in [0.25, 0.3) is 0 Å². The molecule has 1 saturated heterocycles. The van der Waals surface area contributed by atoms with Crippen molar-refractivity contribution in [1.29, 1.82) is 0 Å². The maximum absolute atomic E-state index is 14.5. The monoisotopic (exact) mass is 465 g/mol. The smallest absolute Gasteiger partial charge is 0.232 e. The number of fused-ring (bicyclic) bond motifs is 2. The van der Waals surface area contributed by atoms with E-state index < -0.39 is 24.1 Å². The Kier molecular flexibility index (Phi) is 4.77. The molecule has 4 heterocycles. The maximum atomic E-state index is 14.5. The van der Waals surface area contributed by atoms with Gasteiger partial charge in [0.05, 0.1) is 18.8 Å². The molecule has 0 aliphatic carbocycles. The fourth-order valence-electron chi connectivity index (χ4n) is 4.53. The Balaban J connectivity index is 1.42. The molecule has 7 nitrogen and oxygen atoms in total. The molecule has 172 valence electrons. The van der Waals surface area contributed by atoms with Crippen LogP contribution >= 0.6 is 0 Å². The predicted molar refractivity (Wildman–Crippen MR) is 118 cm³/mol. The molecule has 6 rings (SSSR count). The molecule has 0 radical (unpaired) electrons. The summed E-state index contributed by atoms with van der Waals surface area (Å²) in [5.41, 5.74) is 2.01. The second-order valence-electron chi connectivity index (χ2n) is 8.22. The van der Waals surface area contributed by atoms with Crippen molar-refractivity contribution >= 4 is 22.6 Å². The first-order chi connectivity index (χ1) is 16.5. The highest BCUT2D eigenvalue weighted by Crippen LogP contribution is 2.37. The van der Waals surface area contributed by atoms with Crippen molar-refractivity contribution in [3.8, 4) is 11.5 Å². The van der Waals surface area contributed by atoms with Crippen LogP contribution in [0.4, 0.5) is 19.0 Å². The van der Waals surface area contributed by atoms with Gasteiger partial charge in [0.2, 0.25) is 5.89 Å². The summed E-state index contributed by atoms with van der Waals surface area (Å²) in [7, 11) is 0. The highest BCUT2D eigenvalue weighted by molar-refractivity contribution is 5.80. The summed E-state index contributed by atoms with van der Waals surface area (Å²) < 4.78 is 49.7. The van der Waals surface area contributed by atoms with Crippen LogP contribution in [0.1, 0.15) is 30.0 Å². The number of aliphatic hydroxyl groups excluding tert-OH is 1. The molecular formula is C24H18F3N5O2. The van der Waals surface area contributed by atoms with Gasteiger partial charge in [0, 0.05) is 29.9 Å². The van der Waals surface area contributed by atoms with Gasteiger partial charge in [-0.15, -0.1) is 0 Å². The van der Waals surface area contributed by atoms with Crippen molar-refractivity contribution < 1.29 is 22.7 Å². The lowest BCUT2D eigenvalue weighted by atomic mass is 10.0. The zero-order valence-electron chi connectivity index (χ0n) is 17.8. The fourth-order valence-corrected chi connectivity index (χ4v) is 4.53. The van der Waals surface area contributed by atoms with Crippen LogP contribution in [0.15, 0.2) is 53.2 Å². The van der Waals surface area contributed by atoms with Crippen LogP contribution < -0.4 is 4.90 Å². The summed E-state index contributed by atoms with van der Waals surface area (Å²) in [6.45, 7) is 0.188. The Morgan fingerprint density at radius 2 is 1.94 bits per heavy atom. The van der Waals surface area contributed by atoms with Crippen LogP contribution in [-0.4, -0.2) is 31.2 Å². The van der Waals surface area contributed by atoms with Gasteiger partial charge in [0.1, 0.15) is 34.3 Å². The van der Waals surface area contributed by atoms with Crippen LogP contribution in [0, 0.1) is 17.5 Å². The molecule has 34 heavy (non-hydrogen) atoms. The van der Waals surface area contributed by atoms with Crippen molar-refractivity contribution in [2.45, 2.75) is 25.5 Å². The predicted octanol–water partition coefficient (Wildman–Crippen LogP) is 4.79. The zero-order chi connectivity index (χ0) is 23.4. The van der Waals surface area contributed by atoms with E-state index >= 15 is 0 Å². The molecule has 3 aromatic heterocycles. The molecule has 2 aromatic carbocycles. The molecule has 0 saturated carbocycles. The highest BCUT2D eigenvalue weighted by atomic mass is 19.1. The van der Waals surface area contributed by atoms with Gasteiger partial charge in [0.15, 0.2) is 11.2 Å². The average molecular weight is 465 g/mol. The van der Waals surface area contributed by atoms with E-state index in [1.54, 1.807) is 23.0 Å². The topological polar surface area (TPSA) is 79.7 Å². The summed E-state index contributed by atoms with van der Waals surface area (Å²) in [4.78, 5) is 11.1. The molecule has 1 atom stereocenters. The standard InChI is InChI=1S/C24H18F3N5O2/c25-14-3-4-17(26)15(9-14)20-2-1-6-31(20)22-5-7-32-23(30-22)16(11-28-32)24-29-19-8-13(12-33)18(27)10-21(19)34-24/h3-5,7-11,20,33H,1-2,6,12H2/t20-/m1/s1. The number of nitrogens with zero attached hydrogens (tertiary/aromatic N) is 5. The first-order valence-corrected chi connectivity index (χ1v) is 10.8. The van der Waals surface area contributed by atoms with Crippen molar-refractivity contribution in [1.82, 2.24) is 19.6 Å². The van der Waals surface area contributed by atoms with E-state index in [4.69, 9.17) is 9.40 Å². The van der Waals surface area contributed by atoms with E-state index in [0.717, 1.165) is 18.6 Å². The van der Waals surface area contributed by atoms with Crippen LogP contribution in [0.2, 0.25) is 0 Å². The van der Waals surface area contributed by atoms with E-state index in [1.165, 1.54) is 18.2 Å². The lowest BCUT2D eigenvalue weighted by Gasteiger charge is -2.26. The Bertz CT molecular complexity index is 1550. The number of oxazole rings is 1. The number of aromatic nitrogens is 4. The molecule has 1 N–H and O–H groups in total. The second-order valence-corrected chi connectivity index (χ2v) is 8.22. The molecule has 0 spiro atoms. The second kappa shape index (κ2) is 7.84. The summed E-state index contributed by atoms with van der Waals surface area (Å²) in [6, 6.07) is 7.53. The lowest BCUT2D eigenvalue weighted by Crippen LogP contribution is -2.24. The highest BCUT2D eigenvalue weighted by Gasteiger charge is 2.30. The van der Waals surface area contributed by atoms with Crippen molar-refractivity contribution in [3.63, 3.8) is 0 Å². The average Bonchev–Trinajstić information content (AvgIpc) is 3.57. The van der Waals surface area contributed by atoms with E-state index in [1.807, 2.05) is 4.90 Å². The quantitative estimate of drug-likeness (QED) is 0.411. The van der Waals surface area contributed by atoms with Gasteiger partial charge in [-0.05, 0) is 43.2 Å². The van der Waals surface area contributed by atoms with E-state index in [2.05, 4.69) is 10.1 Å². The molecule has 0 bridgehead atoms. The molecule has 0 unspecified atom stereocenters. The summed E-state index contributed by atoms with van der Waals surface area (Å²) in [5, 5.41) is 13.6. The Labute approximate surface area is 191 Å². The van der Waals surface area contributed by atoms with Crippen LogP contribution in [-0.2, 0) is 6.61 Å². The molecular weight excluding hydrogens is 447 g/mol. The number of hydrogen-bond acceptors (Lipinski definition) is 6. The normalized spacial score (nSPS) is 16.2. The Morgan fingerprint density at radius 3 is 2.79 bits per heavy atom. The van der Waals surface area contributed by atoms with Gasteiger partial charge in [-0.2, -0.15) is 5.10 Å². The Morgan fingerprint density at radius 1 is 1.06 bits per heavy atom. The third kappa shape index (κ3) is 3.29. The fraction of sp³-hybridized carbons (Fsp3) is 0.208. The van der Waals surface area contributed by atoms with Crippen molar-refractivity contribution in [3.05, 3.63) is 77.4 Å². The summed E-state index contributed by atoms with van der Waals surface area (Å²) in [5.74, 6) is -0.724. The largest absolute Gasteiger partial charge is 0.436 e. The number of aliphatic hydroxyl groups is 1. The minimum atomic E-state index is -0.581. The van der Waals surface area contributed by atoms with Crippen LogP contribution in [0.25, 0.3) is 28.2 Å². The molecule has 0 amide bonds. The van der Waals surface area contributed by atoms with E-state index in [-0.39, 0.29) is 23.1 Å². The van der Waals surface area contributed by atoms with Crippen molar-refractivity contribution in [2.24, 2.45) is 0 Å². The molecule has 5 aromatic rings. The Hall–Kier alpha value is -3.92. The van der Waals surface area contributed by atoms with Gasteiger partial charge >= 0.3 is 0 Å². The third-order valence-electron chi connectivity index (χ3n) is 6.18. The number of benzene rings is 2. The van der Waals surface area contributed by atoms with Crippen LogP contribution in [0.5, 0.6) is 0 Å². The summed E-state index contributed by atoms with van der Waals surface area (Å²) >= 11 is 0. The zero-order valence-corrected chi connectivity index (χ0v) is 17.8. The minimum absolute atomic E-state index is 0.122. The number of halogens is 3. The van der Waals surface area contributed by atoms with E-state index in [0.29, 0.717) is 41.1 Å². The number of rotatable bonds is 4. The minimum Gasteiger partial charge on any atom is -0.436 e. The van der Waals surface area contributed by atoms with E-state index in [9.17, 15) is 18.3 Å². The van der Waals surface area contributed by atoms with Gasteiger partial charge < -0.3 is 14.4 Å². The molecule has 1 aliphatic rings. The molecule has 1 aliphatic heterocycles. The first-order valence-electron chi connectivity index (χ1n) is 10.8. The molecule has 1 fully saturated rings. The lowest BCUT2D eigenvalue weighted by molar-refractivity contribution is 0.276.